The fourth-order valence-electron chi connectivity index (χ4n) is 2.25. The van der Waals surface area contributed by atoms with Gasteiger partial charge in [0.05, 0.1) is 15.7 Å². The minimum absolute atomic E-state index is 0.0502. The quantitative estimate of drug-likeness (QED) is 0.621. The van der Waals surface area contributed by atoms with Crippen molar-refractivity contribution in [3.8, 4) is 5.75 Å². The van der Waals surface area contributed by atoms with Crippen LogP contribution in [-0.4, -0.2) is 23.0 Å². The summed E-state index contributed by atoms with van der Waals surface area (Å²) in [5.74, 6) is -1.55. The Labute approximate surface area is 152 Å². The van der Waals surface area contributed by atoms with Gasteiger partial charge in [-0.25, -0.2) is 9.69 Å². The van der Waals surface area contributed by atoms with E-state index in [1.807, 2.05) is 0 Å². The third kappa shape index (κ3) is 3.35. The van der Waals surface area contributed by atoms with Crippen molar-refractivity contribution in [2.75, 3.05) is 4.90 Å². The molecule has 0 bridgehead atoms. The van der Waals surface area contributed by atoms with E-state index in [-0.39, 0.29) is 27.1 Å². The van der Waals surface area contributed by atoms with Crippen LogP contribution in [-0.2, 0) is 9.59 Å². The number of imide groups is 2. The maximum atomic E-state index is 12.7. The van der Waals surface area contributed by atoms with Gasteiger partial charge in [0.1, 0.15) is 11.3 Å². The molecule has 8 heteroatoms. The second-order valence-electron chi connectivity index (χ2n) is 5.15. The minimum Gasteiger partial charge on any atom is -0.508 e. The number of barbiturate groups is 1. The number of aromatic hydroxyl groups is 1. The van der Waals surface area contributed by atoms with E-state index < -0.39 is 17.8 Å². The highest BCUT2D eigenvalue weighted by Crippen LogP contribution is 2.29. The van der Waals surface area contributed by atoms with Crippen LogP contribution in [0.25, 0.3) is 6.08 Å². The number of carbonyl (C=O) groups excluding carboxylic acids is 3. The summed E-state index contributed by atoms with van der Waals surface area (Å²) in [5, 5.41) is 11.8. The molecule has 3 rings (SSSR count). The molecule has 2 aromatic rings. The molecule has 1 aliphatic rings. The van der Waals surface area contributed by atoms with Crippen molar-refractivity contribution in [3.05, 3.63) is 63.6 Å². The first kappa shape index (κ1) is 17.0. The van der Waals surface area contributed by atoms with Crippen LogP contribution < -0.4 is 10.2 Å². The average Bonchev–Trinajstić information content (AvgIpc) is 2.56. The molecule has 1 fully saturated rings. The number of urea groups is 1. The number of hydrogen-bond acceptors (Lipinski definition) is 4. The lowest BCUT2D eigenvalue weighted by Gasteiger charge is -2.26. The highest BCUT2D eigenvalue weighted by molar-refractivity contribution is 6.43. The number of nitrogens with zero attached hydrogens (tertiary/aromatic N) is 1. The molecule has 0 aliphatic carbocycles. The van der Waals surface area contributed by atoms with E-state index in [1.165, 1.54) is 48.5 Å². The first-order valence-electron chi connectivity index (χ1n) is 7.02. The molecule has 2 N–H and O–H groups in total. The Hall–Kier alpha value is -2.83. The van der Waals surface area contributed by atoms with E-state index in [9.17, 15) is 19.5 Å². The maximum absolute atomic E-state index is 12.7. The van der Waals surface area contributed by atoms with E-state index in [0.29, 0.717) is 5.56 Å². The number of rotatable bonds is 2. The van der Waals surface area contributed by atoms with Gasteiger partial charge in [-0.2, -0.15) is 0 Å². The fourth-order valence-corrected chi connectivity index (χ4v) is 2.55. The molecule has 126 valence electrons. The van der Waals surface area contributed by atoms with Crippen LogP contribution in [0.5, 0.6) is 5.75 Å². The first-order chi connectivity index (χ1) is 11.9. The summed E-state index contributed by atoms with van der Waals surface area (Å²) in [7, 11) is 0. The Bertz CT molecular complexity index is 923. The predicted molar refractivity (Wildman–Crippen MR) is 93.6 cm³/mol. The maximum Gasteiger partial charge on any atom is 0.335 e. The van der Waals surface area contributed by atoms with Gasteiger partial charge in [0, 0.05) is 0 Å². The van der Waals surface area contributed by atoms with Crippen LogP contribution in [0.2, 0.25) is 10.0 Å². The van der Waals surface area contributed by atoms with E-state index in [0.717, 1.165) is 4.90 Å². The molecule has 0 unspecified atom stereocenters. The molecular weight excluding hydrogens is 367 g/mol. The SMILES string of the molecule is O=C1NC(=O)N(c2ccc(Cl)c(Cl)c2)C(=O)/C1=C\c1ccc(O)cc1. The summed E-state index contributed by atoms with van der Waals surface area (Å²) in [6, 6.07) is 9.26. The molecular formula is C17H10Cl2N2O4. The fraction of sp³-hybridized carbons (Fsp3) is 0. The number of amides is 4. The van der Waals surface area contributed by atoms with E-state index in [4.69, 9.17) is 23.2 Å². The number of benzene rings is 2. The molecule has 0 atom stereocenters. The van der Waals surface area contributed by atoms with Gasteiger partial charge in [0.25, 0.3) is 11.8 Å². The Morgan fingerprint density at radius 2 is 1.64 bits per heavy atom. The van der Waals surface area contributed by atoms with Gasteiger partial charge in [0.15, 0.2) is 0 Å². The zero-order valence-corrected chi connectivity index (χ0v) is 14.0. The summed E-state index contributed by atoms with van der Waals surface area (Å²) >= 11 is 11.8. The topological polar surface area (TPSA) is 86.7 Å². The summed E-state index contributed by atoms with van der Waals surface area (Å²) in [6.45, 7) is 0. The van der Waals surface area contributed by atoms with Crippen molar-refractivity contribution < 1.29 is 19.5 Å². The summed E-state index contributed by atoms with van der Waals surface area (Å²) in [4.78, 5) is 37.6. The van der Waals surface area contributed by atoms with Gasteiger partial charge in [0.2, 0.25) is 0 Å². The van der Waals surface area contributed by atoms with Crippen LogP contribution in [0.4, 0.5) is 10.5 Å². The Morgan fingerprint density at radius 1 is 0.960 bits per heavy atom. The number of hydrogen-bond donors (Lipinski definition) is 2. The number of phenolic OH excluding ortho intramolecular Hbond substituents is 1. The van der Waals surface area contributed by atoms with Crippen LogP contribution in [0.3, 0.4) is 0 Å². The highest BCUT2D eigenvalue weighted by atomic mass is 35.5. The van der Waals surface area contributed by atoms with Gasteiger partial charge in [-0.05, 0) is 42.0 Å². The van der Waals surface area contributed by atoms with Gasteiger partial charge in [-0.3, -0.25) is 14.9 Å². The van der Waals surface area contributed by atoms with E-state index in [2.05, 4.69) is 5.32 Å². The third-order valence-corrected chi connectivity index (χ3v) is 4.21. The molecule has 1 heterocycles. The van der Waals surface area contributed by atoms with Crippen molar-refractivity contribution in [1.29, 1.82) is 0 Å². The van der Waals surface area contributed by atoms with Crippen LogP contribution >= 0.6 is 23.2 Å². The second kappa shape index (κ2) is 6.58. The Balaban J connectivity index is 2.02. The van der Waals surface area contributed by atoms with Gasteiger partial charge in [-0.1, -0.05) is 35.3 Å². The van der Waals surface area contributed by atoms with Gasteiger partial charge < -0.3 is 5.11 Å². The van der Waals surface area contributed by atoms with Crippen LogP contribution in [0, 0.1) is 0 Å². The zero-order valence-electron chi connectivity index (χ0n) is 12.5. The lowest BCUT2D eigenvalue weighted by molar-refractivity contribution is -0.122. The standard InChI is InChI=1S/C17H10Cl2N2O4/c18-13-6-3-10(8-14(13)19)21-16(24)12(15(23)20-17(21)25)7-9-1-4-11(22)5-2-9/h1-8,22H,(H,20,23,25)/b12-7-. The normalized spacial score (nSPS) is 16.3. The molecule has 0 saturated carbocycles. The van der Waals surface area contributed by atoms with Gasteiger partial charge >= 0.3 is 6.03 Å². The minimum atomic E-state index is -0.878. The van der Waals surface area contributed by atoms with Crippen LogP contribution in [0.1, 0.15) is 5.56 Å². The number of anilines is 1. The smallest absolute Gasteiger partial charge is 0.335 e. The molecule has 25 heavy (non-hydrogen) atoms. The third-order valence-electron chi connectivity index (χ3n) is 3.47. The Kier molecular flexibility index (Phi) is 4.48. The zero-order chi connectivity index (χ0) is 18.1. The highest BCUT2D eigenvalue weighted by Gasteiger charge is 2.36. The largest absolute Gasteiger partial charge is 0.508 e. The molecule has 4 amide bonds. The lowest BCUT2D eigenvalue weighted by atomic mass is 10.1. The molecule has 0 aromatic heterocycles. The summed E-state index contributed by atoms with van der Waals surface area (Å²) in [5.41, 5.74) is 0.470. The van der Waals surface area contributed by atoms with Gasteiger partial charge in [-0.15, -0.1) is 0 Å². The molecule has 1 aliphatic heterocycles. The number of halogens is 2. The number of nitrogens with one attached hydrogen (secondary N) is 1. The molecule has 6 nitrogen and oxygen atoms in total. The predicted octanol–water partition coefficient (Wildman–Crippen LogP) is 3.37. The van der Waals surface area contributed by atoms with Crippen molar-refractivity contribution in [2.24, 2.45) is 0 Å². The van der Waals surface area contributed by atoms with Crippen molar-refractivity contribution >= 4 is 52.8 Å². The number of carbonyl (C=O) groups is 3. The first-order valence-corrected chi connectivity index (χ1v) is 7.78. The lowest BCUT2D eigenvalue weighted by Crippen LogP contribution is -2.54. The summed E-state index contributed by atoms with van der Waals surface area (Å²) in [6.07, 6.45) is 1.33. The number of phenols is 1. The van der Waals surface area contributed by atoms with Crippen molar-refractivity contribution in [1.82, 2.24) is 5.32 Å². The average molecular weight is 377 g/mol. The molecule has 0 spiro atoms. The second-order valence-corrected chi connectivity index (χ2v) is 5.96. The molecule has 0 radical (unpaired) electrons. The van der Waals surface area contributed by atoms with E-state index >= 15 is 0 Å². The van der Waals surface area contributed by atoms with Crippen LogP contribution in [0.15, 0.2) is 48.0 Å². The molecule has 1 saturated heterocycles. The van der Waals surface area contributed by atoms with E-state index in [1.54, 1.807) is 0 Å². The van der Waals surface area contributed by atoms with Crippen molar-refractivity contribution in [2.45, 2.75) is 0 Å². The Morgan fingerprint density at radius 3 is 2.28 bits per heavy atom. The summed E-state index contributed by atoms with van der Waals surface area (Å²) < 4.78 is 0. The monoisotopic (exact) mass is 376 g/mol. The molecule has 2 aromatic carbocycles. The van der Waals surface area contributed by atoms with Crippen molar-refractivity contribution in [3.63, 3.8) is 0 Å².